The van der Waals surface area contributed by atoms with Gasteiger partial charge in [-0.25, -0.2) is 0 Å². The van der Waals surface area contributed by atoms with Gasteiger partial charge >= 0.3 is 0 Å². The third-order valence-electron chi connectivity index (χ3n) is 4.39. The van der Waals surface area contributed by atoms with Crippen molar-refractivity contribution in [1.82, 2.24) is 0 Å². The summed E-state index contributed by atoms with van der Waals surface area (Å²) in [4.78, 5) is 36.0. The first kappa shape index (κ1) is 18.9. The van der Waals surface area contributed by atoms with E-state index in [0.29, 0.717) is 16.7 Å². The molecule has 3 aromatic carbocycles. The smallest absolute Gasteiger partial charge is 0.293 e. The Labute approximate surface area is 170 Å². The van der Waals surface area contributed by atoms with Crippen LogP contribution in [0.1, 0.15) is 20.9 Å². The van der Waals surface area contributed by atoms with Gasteiger partial charge in [0.25, 0.3) is 17.5 Å². The zero-order valence-corrected chi connectivity index (χ0v) is 15.5. The van der Waals surface area contributed by atoms with Gasteiger partial charge in [-0.1, -0.05) is 36.4 Å². The molecule has 0 spiro atoms. The average Bonchev–Trinajstić information content (AvgIpc) is 3.13. The van der Waals surface area contributed by atoms with Crippen LogP contribution in [-0.2, 0) is 0 Å². The van der Waals surface area contributed by atoms with Gasteiger partial charge in [0.1, 0.15) is 11.3 Å². The van der Waals surface area contributed by atoms with Gasteiger partial charge in [-0.3, -0.25) is 19.7 Å². The number of carbonyl (C=O) groups excluding carboxylic acids is 2. The Hall–Kier alpha value is -4.46. The molecule has 0 aliphatic heterocycles. The number of rotatable bonds is 5. The molecule has 0 atom stereocenters. The quantitative estimate of drug-likeness (QED) is 0.367. The molecule has 1 heterocycles. The van der Waals surface area contributed by atoms with Gasteiger partial charge in [0.05, 0.1) is 4.92 Å². The van der Waals surface area contributed by atoms with Gasteiger partial charge in [0.2, 0.25) is 5.76 Å². The van der Waals surface area contributed by atoms with Crippen molar-refractivity contribution in [2.45, 2.75) is 0 Å². The minimum absolute atomic E-state index is 0.0705. The summed E-state index contributed by atoms with van der Waals surface area (Å²) in [5.74, 6) is -1.20. The van der Waals surface area contributed by atoms with Crippen molar-refractivity contribution in [2.75, 3.05) is 10.6 Å². The van der Waals surface area contributed by atoms with Crippen LogP contribution in [0, 0.1) is 10.1 Å². The number of anilines is 2. The summed E-state index contributed by atoms with van der Waals surface area (Å²) in [6.45, 7) is 0. The van der Waals surface area contributed by atoms with E-state index in [1.807, 2.05) is 6.07 Å². The fourth-order valence-corrected chi connectivity index (χ4v) is 2.99. The van der Waals surface area contributed by atoms with Gasteiger partial charge in [0.15, 0.2) is 0 Å². The molecule has 0 radical (unpaired) electrons. The minimum atomic E-state index is -0.598. The monoisotopic (exact) mass is 401 g/mol. The maximum Gasteiger partial charge on any atom is 0.293 e. The highest BCUT2D eigenvalue weighted by Crippen LogP contribution is 2.32. The van der Waals surface area contributed by atoms with E-state index in [1.54, 1.807) is 48.5 Å². The number of amides is 2. The van der Waals surface area contributed by atoms with E-state index in [1.165, 1.54) is 24.3 Å². The number of nitro groups is 1. The Kier molecular flexibility index (Phi) is 4.96. The number of hydrogen-bond donors (Lipinski definition) is 2. The van der Waals surface area contributed by atoms with Gasteiger partial charge < -0.3 is 15.1 Å². The number of nitrogens with one attached hydrogen (secondary N) is 2. The zero-order chi connectivity index (χ0) is 21.1. The average molecular weight is 401 g/mol. The highest BCUT2D eigenvalue weighted by atomic mass is 16.6. The molecule has 4 aromatic rings. The number of nitrogens with zero attached hydrogens (tertiary/aromatic N) is 1. The molecule has 1 aromatic heterocycles. The van der Waals surface area contributed by atoms with E-state index in [9.17, 15) is 19.7 Å². The number of carbonyl (C=O) groups is 2. The first-order valence-electron chi connectivity index (χ1n) is 8.96. The minimum Gasteiger partial charge on any atom is -0.449 e. The van der Waals surface area contributed by atoms with Gasteiger partial charge in [0, 0.05) is 28.8 Å². The first-order chi connectivity index (χ1) is 14.5. The van der Waals surface area contributed by atoms with Crippen LogP contribution in [0.4, 0.5) is 17.1 Å². The number of fused-ring (bicyclic) bond motifs is 1. The second-order valence-electron chi connectivity index (χ2n) is 6.38. The van der Waals surface area contributed by atoms with E-state index in [2.05, 4.69) is 10.6 Å². The summed E-state index contributed by atoms with van der Waals surface area (Å²) >= 11 is 0. The van der Waals surface area contributed by atoms with Crippen molar-refractivity contribution in [2.24, 2.45) is 0 Å². The summed E-state index contributed by atoms with van der Waals surface area (Å²) in [6, 6.07) is 21.0. The predicted molar refractivity (Wildman–Crippen MR) is 112 cm³/mol. The molecule has 8 nitrogen and oxygen atoms in total. The molecule has 0 bridgehead atoms. The van der Waals surface area contributed by atoms with Crippen molar-refractivity contribution in [1.29, 1.82) is 0 Å². The number of non-ortho nitro benzene ring substituents is 1. The fraction of sp³-hybridized carbons (Fsp3) is 0. The highest BCUT2D eigenvalue weighted by molar-refractivity contribution is 6.16. The molecule has 4 rings (SSSR count). The number of benzene rings is 3. The predicted octanol–water partition coefficient (Wildman–Crippen LogP) is 4.85. The molecule has 2 amide bonds. The van der Waals surface area contributed by atoms with Crippen molar-refractivity contribution in [3.05, 3.63) is 100 Å². The molecular weight excluding hydrogens is 386 g/mol. The second-order valence-corrected chi connectivity index (χ2v) is 6.38. The SMILES string of the molecule is O=C(Nc1c(C(=O)Nc2ccccc2)oc2ccccc12)c1cccc([N+](=O)[O-])c1. The Bertz CT molecular complexity index is 1260. The Morgan fingerprint density at radius 2 is 1.57 bits per heavy atom. The molecule has 0 saturated carbocycles. The van der Waals surface area contributed by atoms with Crippen LogP contribution < -0.4 is 10.6 Å². The normalized spacial score (nSPS) is 10.5. The molecule has 0 aliphatic rings. The van der Waals surface area contributed by atoms with Gasteiger partial charge in [-0.05, 0) is 30.3 Å². The Morgan fingerprint density at radius 1 is 0.833 bits per heavy atom. The van der Waals surface area contributed by atoms with Crippen LogP contribution in [0.15, 0.2) is 83.3 Å². The number of hydrogen-bond acceptors (Lipinski definition) is 5. The molecule has 148 valence electrons. The maximum absolute atomic E-state index is 12.8. The molecule has 0 unspecified atom stereocenters. The Balaban J connectivity index is 1.70. The lowest BCUT2D eigenvalue weighted by Crippen LogP contribution is -2.17. The van der Waals surface area contributed by atoms with Gasteiger partial charge in [-0.2, -0.15) is 0 Å². The lowest BCUT2D eigenvalue weighted by molar-refractivity contribution is -0.384. The summed E-state index contributed by atoms with van der Waals surface area (Å²) in [5, 5.41) is 16.9. The third kappa shape index (κ3) is 3.74. The van der Waals surface area contributed by atoms with E-state index in [0.717, 1.165) is 0 Å². The van der Waals surface area contributed by atoms with Crippen LogP contribution in [0.2, 0.25) is 0 Å². The molecule has 2 N–H and O–H groups in total. The summed E-state index contributed by atoms with van der Waals surface area (Å²) in [6.07, 6.45) is 0. The van der Waals surface area contributed by atoms with Crippen molar-refractivity contribution < 1.29 is 18.9 Å². The largest absolute Gasteiger partial charge is 0.449 e. The molecule has 0 aliphatic carbocycles. The molecule has 30 heavy (non-hydrogen) atoms. The van der Waals surface area contributed by atoms with Crippen molar-refractivity contribution in [3.63, 3.8) is 0 Å². The van der Waals surface area contributed by atoms with Crippen LogP contribution in [0.5, 0.6) is 0 Å². The lowest BCUT2D eigenvalue weighted by atomic mass is 10.1. The number of furan rings is 1. The highest BCUT2D eigenvalue weighted by Gasteiger charge is 2.23. The lowest BCUT2D eigenvalue weighted by Gasteiger charge is -2.07. The van der Waals surface area contributed by atoms with E-state index in [-0.39, 0.29) is 22.7 Å². The zero-order valence-electron chi connectivity index (χ0n) is 15.5. The summed E-state index contributed by atoms with van der Waals surface area (Å²) in [5.41, 5.74) is 1.06. The second kappa shape index (κ2) is 7.88. The van der Waals surface area contributed by atoms with E-state index >= 15 is 0 Å². The van der Waals surface area contributed by atoms with E-state index in [4.69, 9.17) is 4.42 Å². The summed E-state index contributed by atoms with van der Waals surface area (Å²) in [7, 11) is 0. The van der Waals surface area contributed by atoms with Gasteiger partial charge in [-0.15, -0.1) is 0 Å². The van der Waals surface area contributed by atoms with Crippen LogP contribution >= 0.6 is 0 Å². The standard InChI is InChI=1S/C22H15N3O5/c26-21(14-7-6-10-16(13-14)25(28)29)24-19-17-11-4-5-12-18(17)30-20(19)22(27)23-15-8-2-1-3-9-15/h1-13H,(H,23,27)(H,24,26). The third-order valence-corrected chi connectivity index (χ3v) is 4.39. The molecule has 8 heteroatoms. The maximum atomic E-state index is 12.8. The summed E-state index contributed by atoms with van der Waals surface area (Å²) < 4.78 is 5.70. The van der Waals surface area contributed by atoms with Crippen LogP contribution in [-0.4, -0.2) is 16.7 Å². The van der Waals surface area contributed by atoms with Crippen molar-refractivity contribution >= 4 is 39.8 Å². The molecule has 0 saturated heterocycles. The fourth-order valence-electron chi connectivity index (χ4n) is 2.99. The number of para-hydroxylation sites is 2. The van der Waals surface area contributed by atoms with E-state index < -0.39 is 16.7 Å². The van der Waals surface area contributed by atoms with Crippen LogP contribution in [0.3, 0.4) is 0 Å². The van der Waals surface area contributed by atoms with Crippen molar-refractivity contribution in [3.8, 4) is 0 Å². The van der Waals surface area contributed by atoms with Crippen LogP contribution in [0.25, 0.3) is 11.0 Å². The Morgan fingerprint density at radius 3 is 2.33 bits per heavy atom. The first-order valence-corrected chi connectivity index (χ1v) is 8.96. The molecular formula is C22H15N3O5. The topological polar surface area (TPSA) is 114 Å². The molecule has 0 fully saturated rings. The number of nitro benzene ring substituents is 1.